The maximum Gasteiger partial charge on any atom is 0.227 e. The molecule has 3 aromatic rings. The minimum absolute atomic E-state index is 0.133. The molecule has 1 saturated heterocycles. The molecule has 2 aromatic carbocycles. The maximum absolute atomic E-state index is 12.8. The van der Waals surface area contributed by atoms with Crippen LogP contribution in [0.1, 0.15) is 10.6 Å². The normalized spacial score (nSPS) is 14.9. The van der Waals surface area contributed by atoms with Gasteiger partial charge in [-0.05, 0) is 18.2 Å². The van der Waals surface area contributed by atoms with Gasteiger partial charge in [0.15, 0.2) is 0 Å². The Morgan fingerprint density at radius 3 is 2.59 bits per heavy atom. The molecule has 1 aliphatic rings. The Morgan fingerprint density at radius 2 is 1.86 bits per heavy atom. The van der Waals surface area contributed by atoms with Crippen molar-refractivity contribution in [3.8, 4) is 11.5 Å². The van der Waals surface area contributed by atoms with Crippen LogP contribution in [-0.4, -0.2) is 61.1 Å². The molecule has 29 heavy (non-hydrogen) atoms. The van der Waals surface area contributed by atoms with Crippen molar-refractivity contribution in [2.75, 3.05) is 40.4 Å². The van der Waals surface area contributed by atoms with Gasteiger partial charge < -0.3 is 14.4 Å². The summed E-state index contributed by atoms with van der Waals surface area (Å²) in [5.74, 6) is 1.54. The highest BCUT2D eigenvalue weighted by molar-refractivity contribution is 7.18. The molecule has 0 aliphatic carbocycles. The monoisotopic (exact) mass is 411 g/mol. The number of methoxy groups -OCH3 is 2. The lowest BCUT2D eigenvalue weighted by Gasteiger charge is -2.34. The van der Waals surface area contributed by atoms with E-state index in [4.69, 9.17) is 14.5 Å². The highest BCUT2D eigenvalue weighted by Crippen LogP contribution is 2.26. The molecule has 1 aliphatic heterocycles. The Kier molecular flexibility index (Phi) is 5.97. The molecule has 0 spiro atoms. The minimum atomic E-state index is 0.133. The molecule has 0 atom stereocenters. The number of hydrogen-bond donors (Lipinski definition) is 0. The molecular formula is C22H25N3O3S. The largest absolute Gasteiger partial charge is 0.497 e. The van der Waals surface area contributed by atoms with Gasteiger partial charge in [-0.25, -0.2) is 4.98 Å². The standard InChI is InChI=1S/C22H25N3O3S/c1-27-17-8-7-16(19(14-17)28-2)13-22(26)25-11-9-24(10-12-25)15-21-23-18-5-3-4-6-20(18)29-21/h3-8,14H,9-13,15H2,1-2H3. The molecule has 1 amide bonds. The van der Waals surface area contributed by atoms with E-state index in [1.54, 1.807) is 25.6 Å². The van der Waals surface area contributed by atoms with Gasteiger partial charge in [0.25, 0.3) is 0 Å². The Balaban J connectivity index is 1.32. The molecule has 1 aromatic heterocycles. The van der Waals surface area contributed by atoms with Gasteiger partial charge in [0.1, 0.15) is 16.5 Å². The van der Waals surface area contributed by atoms with Crippen molar-refractivity contribution in [3.05, 3.63) is 53.0 Å². The average molecular weight is 412 g/mol. The summed E-state index contributed by atoms with van der Waals surface area (Å²) < 4.78 is 11.9. The van der Waals surface area contributed by atoms with Crippen LogP contribution in [0.2, 0.25) is 0 Å². The van der Waals surface area contributed by atoms with Crippen LogP contribution in [0.3, 0.4) is 0 Å². The molecule has 0 N–H and O–H groups in total. The number of rotatable bonds is 6. The van der Waals surface area contributed by atoms with Gasteiger partial charge in [0.2, 0.25) is 5.91 Å². The fourth-order valence-electron chi connectivity index (χ4n) is 3.61. The molecule has 1 fully saturated rings. The van der Waals surface area contributed by atoms with Crippen LogP contribution in [0.4, 0.5) is 0 Å². The number of piperazine rings is 1. The average Bonchev–Trinajstić information content (AvgIpc) is 3.16. The van der Waals surface area contributed by atoms with Crippen molar-refractivity contribution < 1.29 is 14.3 Å². The number of ether oxygens (including phenoxy) is 2. The van der Waals surface area contributed by atoms with Gasteiger partial charge in [-0.15, -0.1) is 11.3 Å². The summed E-state index contributed by atoms with van der Waals surface area (Å²) in [6.07, 6.45) is 0.338. The minimum Gasteiger partial charge on any atom is -0.497 e. The first kappa shape index (κ1) is 19.7. The number of nitrogens with zero attached hydrogens (tertiary/aromatic N) is 3. The summed E-state index contributed by atoms with van der Waals surface area (Å²) in [5, 5.41) is 1.13. The molecule has 7 heteroatoms. The second-order valence-corrected chi connectivity index (χ2v) is 8.20. The van der Waals surface area contributed by atoms with Gasteiger partial charge in [-0.3, -0.25) is 9.69 Å². The summed E-state index contributed by atoms with van der Waals surface area (Å²) in [5.41, 5.74) is 1.95. The lowest BCUT2D eigenvalue weighted by molar-refractivity contribution is -0.132. The molecule has 0 saturated carbocycles. The topological polar surface area (TPSA) is 54.9 Å². The fraction of sp³-hybridized carbons (Fsp3) is 0.364. The summed E-state index contributed by atoms with van der Waals surface area (Å²) in [6.45, 7) is 4.04. The Morgan fingerprint density at radius 1 is 1.07 bits per heavy atom. The summed E-state index contributed by atoms with van der Waals surface area (Å²) >= 11 is 1.75. The van der Waals surface area contributed by atoms with Crippen LogP contribution in [0.25, 0.3) is 10.2 Å². The van der Waals surface area contributed by atoms with Gasteiger partial charge in [-0.1, -0.05) is 18.2 Å². The lowest BCUT2D eigenvalue weighted by atomic mass is 10.1. The van der Waals surface area contributed by atoms with Crippen LogP contribution in [0.15, 0.2) is 42.5 Å². The number of aromatic nitrogens is 1. The predicted octanol–water partition coefficient (Wildman–Crippen LogP) is 3.20. The smallest absolute Gasteiger partial charge is 0.227 e. The second kappa shape index (κ2) is 8.80. The molecular weight excluding hydrogens is 386 g/mol. The van der Waals surface area contributed by atoms with Crippen molar-refractivity contribution in [2.24, 2.45) is 0 Å². The van der Waals surface area contributed by atoms with Crippen molar-refractivity contribution in [1.29, 1.82) is 0 Å². The summed E-state index contributed by atoms with van der Waals surface area (Å²) in [7, 11) is 3.23. The molecule has 0 radical (unpaired) electrons. The number of thiazole rings is 1. The quantitative estimate of drug-likeness (QED) is 0.624. The van der Waals surface area contributed by atoms with E-state index >= 15 is 0 Å². The van der Waals surface area contributed by atoms with Crippen molar-refractivity contribution in [3.63, 3.8) is 0 Å². The van der Waals surface area contributed by atoms with Crippen molar-refractivity contribution >= 4 is 27.5 Å². The molecule has 0 unspecified atom stereocenters. The number of carbonyl (C=O) groups excluding carboxylic acids is 1. The maximum atomic E-state index is 12.8. The fourth-order valence-corrected chi connectivity index (χ4v) is 4.62. The van der Waals surface area contributed by atoms with E-state index in [9.17, 15) is 4.79 Å². The zero-order valence-corrected chi connectivity index (χ0v) is 17.6. The van der Waals surface area contributed by atoms with Crippen molar-refractivity contribution in [1.82, 2.24) is 14.8 Å². The first-order valence-corrected chi connectivity index (χ1v) is 10.5. The third-order valence-corrected chi connectivity index (χ3v) is 6.28. The Bertz CT molecular complexity index is 963. The van der Waals surface area contributed by atoms with Crippen LogP contribution < -0.4 is 9.47 Å². The van der Waals surface area contributed by atoms with E-state index in [2.05, 4.69) is 17.0 Å². The molecule has 0 bridgehead atoms. The van der Waals surface area contributed by atoms with E-state index in [1.165, 1.54) is 4.70 Å². The number of carbonyl (C=O) groups is 1. The number of hydrogen-bond acceptors (Lipinski definition) is 6. The lowest BCUT2D eigenvalue weighted by Crippen LogP contribution is -2.48. The van der Waals surface area contributed by atoms with E-state index in [-0.39, 0.29) is 5.91 Å². The highest BCUT2D eigenvalue weighted by Gasteiger charge is 2.23. The number of para-hydroxylation sites is 1. The zero-order valence-electron chi connectivity index (χ0n) is 16.8. The number of benzene rings is 2. The van der Waals surface area contributed by atoms with Gasteiger partial charge >= 0.3 is 0 Å². The van der Waals surface area contributed by atoms with Crippen LogP contribution >= 0.6 is 11.3 Å². The SMILES string of the molecule is COc1ccc(CC(=O)N2CCN(Cc3nc4ccccc4s3)CC2)c(OC)c1. The molecule has 6 nitrogen and oxygen atoms in total. The van der Waals surface area contributed by atoms with E-state index in [0.717, 1.165) is 54.6 Å². The van der Waals surface area contributed by atoms with E-state index in [0.29, 0.717) is 12.2 Å². The zero-order chi connectivity index (χ0) is 20.2. The van der Waals surface area contributed by atoms with Gasteiger partial charge in [0.05, 0.1) is 37.4 Å². The van der Waals surface area contributed by atoms with Gasteiger partial charge in [0, 0.05) is 37.8 Å². The van der Waals surface area contributed by atoms with Crippen LogP contribution in [0.5, 0.6) is 11.5 Å². The Hall–Kier alpha value is -2.64. The molecule has 152 valence electrons. The predicted molar refractivity (Wildman–Crippen MR) is 115 cm³/mol. The van der Waals surface area contributed by atoms with Gasteiger partial charge in [-0.2, -0.15) is 0 Å². The third-order valence-electron chi connectivity index (χ3n) is 5.26. The highest BCUT2D eigenvalue weighted by atomic mass is 32.1. The molecule has 4 rings (SSSR count). The third kappa shape index (κ3) is 4.52. The van der Waals surface area contributed by atoms with Crippen LogP contribution in [-0.2, 0) is 17.8 Å². The van der Waals surface area contributed by atoms with E-state index < -0.39 is 0 Å². The second-order valence-electron chi connectivity index (χ2n) is 7.09. The first-order chi connectivity index (χ1) is 14.2. The summed E-state index contributed by atoms with van der Waals surface area (Å²) in [4.78, 5) is 21.8. The number of fused-ring (bicyclic) bond motifs is 1. The first-order valence-electron chi connectivity index (χ1n) is 9.72. The molecule has 2 heterocycles. The van der Waals surface area contributed by atoms with Crippen LogP contribution in [0, 0.1) is 0 Å². The van der Waals surface area contributed by atoms with Crippen molar-refractivity contribution in [2.45, 2.75) is 13.0 Å². The Labute approximate surface area is 174 Å². The van der Waals surface area contributed by atoms with E-state index in [1.807, 2.05) is 35.2 Å². The summed E-state index contributed by atoms with van der Waals surface area (Å²) in [6, 6.07) is 13.8. The number of amides is 1.